The van der Waals surface area contributed by atoms with Crippen LogP contribution in [0.1, 0.15) is 0 Å². The predicted octanol–water partition coefficient (Wildman–Crippen LogP) is 10.6. The molecule has 6 aliphatic heterocycles. The summed E-state index contributed by atoms with van der Waals surface area (Å²) in [5, 5.41) is 0. The molecule has 75 heavy (non-hydrogen) atoms. The molecule has 0 aromatic heterocycles. The molecule has 0 atom stereocenters. The molecule has 0 saturated carbocycles. The van der Waals surface area contributed by atoms with E-state index in [4.69, 9.17) is 9.47 Å². The minimum atomic E-state index is -0.234. The highest BCUT2D eigenvalue weighted by molar-refractivity contribution is 7.04. The van der Waals surface area contributed by atoms with Gasteiger partial charge in [0, 0.05) is 74.3 Å². The number of rotatable bonds is 4. The van der Waals surface area contributed by atoms with Crippen LogP contribution in [0.5, 0.6) is 23.0 Å². The third-order valence-electron chi connectivity index (χ3n) is 16.5. The monoisotopic (exact) mass is 954 g/mol. The van der Waals surface area contributed by atoms with Crippen LogP contribution in [0.4, 0.5) is 68.2 Å². The van der Waals surface area contributed by atoms with Gasteiger partial charge in [0.25, 0.3) is 20.1 Å². The lowest BCUT2D eigenvalue weighted by Gasteiger charge is -2.46. The predicted molar refractivity (Wildman–Crippen MR) is 312 cm³/mol. The van der Waals surface area contributed by atoms with Gasteiger partial charge in [0.15, 0.2) is 0 Å². The van der Waals surface area contributed by atoms with E-state index in [1.807, 2.05) is 0 Å². The molecule has 6 heterocycles. The molecule has 0 radical (unpaired) electrons. The third kappa shape index (κ3) is 5.61. The maximum absolute atomic E-state index is 7.67. The summed E-state index contributed by atoms with van der Waals surface area (Å²) in [6.07, 6.45) is 0. The summed E-state index contributed by atoms with van der Waals surface area (Å²) >= 11 is 0. The van der Waals surface area contributed by atoms with Gasteiger partial charge in [-0.15, -0.1) is 0 Å². The molecule has 11 aromatic carbocycles. The first-order valence-corrected chi connectivity index (χ1v) is 25.9. The molecule has 6 aliphatic rings. The van der Waals surface area contributed by atoms with Gasteiger partial charge in [0.1, 0.15) is 23.0 Å². The molecule has 0 unspecified atom stereocenters. The van der Waals surface area contributed by atoms with Crippen molar-refractivity contribution >= 4 is 138 Å². The molecule has 6 nitrogen and oxygen atoms in total. The number of nitrogens with zero attached hydrogens (tertiary/aromatic N) is 4. The van der Waals surface area contributed by atoms with Gasteiger partial charge in [-0.3, -0.25) is 0 Å². The first-order chi connectivity index (χ1) is 37.3. The molecule has 0 bridgehead atoms. The van der Waals surface area contributed by atoms with Crippen molar-refractivity contribution in [3.63, 3.8) is 0 Å². The highest BCUT2D eigenvalue weighted by Crippen LogP contribution is 2.48. The van der Waals surface area contributed by atoms with Gasteiger partial charge in [-0.25, -0.2) is 0 Å². The Morgan fingerprint density at radius 1 is 0.227 bits per heavy atom. The lowest BCUT2D eigenvalue weighted by Crippen LogP contribution is -2.66. The highest BCUT2D eigenvalue weighted by atomic mass is 16.5. The van der Waals surface area contributed by atoms with Crippen molar-refractivity contribution in [1.29, 1.82) is 0 Å². The average Bonchev–Trinajstić information content (AvgIpc) is 3.49. The average molecular weight is 955 g/mol. The van der Waals surface area contributed by atoms with Crippen LogP contribution in [-0.4, -0.2) is 20.1 Å². The normalized spacial score (nSPS) is 14.2. The fourth-order valence-corrected chi connectivity index (χ4v) is 13.7. The first kappa shape index (κ1) is 40.9. The maximum atomic E-state index is 7.67. The van der Waals surface area contributed by atoms with Gasteiger partial charge in [-0.2, -0.15) is 0 Å². The lowest BCUT2D eigenvalue weighted by molar-refractivity contribution is 0.488. The summed E-state index contributed by atoms with van der Waals surface area (Å²) < 4.78 is 14.9. The molecule has 17 rings (SSSR count). The Labute approximate surface area is 436 Å². The quantitative estimate of drug-likeness (QED) is 0.163. The van der Waals surface area contributed by atoms with Gasteiger partial charge >= 0.3 is 0 Å². The Morgan fingerprint density at radius 2 is 0.627 bits per heavy atom. The van der Waals surface area contributed by atoms with Crippen LogP contribution >= 0.6 is 0 Å². The molecular weight excluding hydrogens is 913 g/mol. The van der Waals surface area contributed by atoms with E-state index in [0.29, 0.717) is 0 Å². The van der Waals surface area contributed by atoms with Crippen LogP contribution in [0.15, 0.2) is 249 Å². The smallest absolute Gasteiger partial charge is 0.256 e. The zero-order valence-corrected chi connectivity index (χ0v) is 40.5. The van der Waals surface area contributed by atoms with E-state index in [2.05, 4.69) is 268 Å². The van der Waals surface area contributed by atoms with E-state index in [0.717, 1.165) is 96.3 Å². The van der Waals surface area contributed by atoms with Crippen molar-refractivity contribution < 1.29 is 9.47 Å². The number of hydrogen-bond donors (Lipinski definition) is 0. The number of ether oxygens (including phenoxy) is 2. The number of fused-ring (bicyclic) bond motifs is 13. The van der Waals surface area contributed by atoms with Crippen LogP contribution in [0.25, 0.3) is 0 Å². The van der Waals surface area contributed by atoms with E-state index >= 15 is 0 Å². The number of hydrogen-bond acceptors (Lipinski definition) is 6. The Bertz CT molecular complexity index is 4200. The Kier molecular flexibility index (Phi) is 8.44. The summed E-state index contributed by atoms with van der Waals surface area (Å²) in [7, 11) is 0. The summed E-state index contributed by atoms with van der Waals surface area (Å²) in [4.78, 5) is 9.75. The van der Waals surface area contributed by atoms with Gasteiger partial charge < -0.3 is 29.1 Å². The second kappa shape index (κ2) is 15.5. The SMILES string of the molecule is c1ccc(N2c3ccccc3B3c4cc5c(cc4Oc4cccc2c43)N(c2ccccc2)c2cccc3c2B5c2c(ccc4c2Oc2cccc5c2B4c2ccccc2N5c2ccccc2)N3c2ccccc2)cc1. The number of benzene rings is 11. The number of para-hydroxylation sites is 6. The zero-order valence-electron chi connectivity index (χ0n) is 40.5. The molecule has 0 saturated heterocycles. The second-order valence-corrected chi connectivity index (χ2v) is 20.3. The minimum Gasteiger partial charge on any atom is -0.459 e. The van der Waals surface area contributed by atoms with Gasteiger partial charge in [0.05, 0.1) is 0 Å². The highest BCUT2D eigenvalue weighted by Gasteiger charge is 2.51. The Morgan fingerprint density at radius 3 is 1.16 bits per heavy atom. The van der Waals surface area contributed by atoms with Crippen LogP contribution in [0.2, 0.25) is 0 Å². The third-order valence-corrected chi connectivity index (χ3v) is 16.5. The summed E-state index contributed by atoms with van der Waals surface area (Å²) in [6.45, 7) is -0.406. The van der Waals surface area contributed by atoms with Crippen molar-refractivity contribution in [2.75, 3.05) is 19.6 Å². The van der Waals surface area contributed by atoms with Gasteiger partial charge in [0.2, 0.25) is 0 Å². The molecule has 11 aromatic rings. The van der Waals surface area contributed by atoms with Gasteiger partial charge in [-0.05, 0) is 152 Å². The molecule has 9 heteroatoms. The lowest BCUT2D eigenvalue weighted by atomic mass is 9.29. The van der Waals surface area contributed by atoms with Gasteiger partial charge in [-0.1, -0.05) is 140 Å². The summed E-state index contributed by atoms with van der Waals surface area (Å²) in [5.41, 5.74) is 24.2. The van der Waals surface area contributed by atoms with Crippen LogP contribution < -0.4 is 78.2 Å². The van der Waals surface area contributed by atoms with E-state index in [-0.39, 0.29) is 20.1 Å². The molecule has 346 valence electrons. The van der Waals surface area contributed by atoms with Crippen LogP contribution in [-0.2, 0) is 0 Å². The fourth-order valence-electron chi connectivity index (χ4n) is 13.7. The van der Waals surface area contributed by atoms with E-state index in [9.17, 15) is 0 Å². The topological polar surface area (TPSA) is 31.4 Å². The standard InChI is InChI=1S/C66H41B3N4O2/c1-5-20-42(21-6-1)70-51-30-15-13-28-46(51)67-48-38-39-57-65(66(48)75-60-37-19-35-56(70)64(60)67)69-49-40-50-61(74-59-36-18-34-55-63(59)68(50)47-29-14-16-31-52(47)71(55)43-22-7-2-8-23-43)41-58(49)73(45-26-11-4-12-27-45)54-33-17-32-53(62(54)69)72(57)44-24-9-3-10-25-44/h1-41H. The Balaban J connectivity index is 0.952. The molecule has 0 N–H and O–H groups in total. The molecule has 0 spiro atoms. The van der Waals surface area contributed by atoms with E-state index in [1.165, 1.54) is 44.2 Å². The van der Waals surface area contributed by atoms with Crippen molar-refractivity contribution in [2.24, 2.45) is 0 Å². The van der Waals surface area contributed by atoms with E-state index in [1.54, 1.807) is 0 Å². The largest absolute Gasteiger partial charge is 0.459 e. The van der Waals surface area contributed by atoms with Crippen molar-refractivity contribution in [3.05, 3.63) is 249 Å². The maximum Gasteiger partial charge on any atom is 0.256 e. The number of anilines is 12. The molecular formula is C66H41B3N4O2. The van der Waals surface area contributed by atoms with Crippen LogP contribution in [0.3, 0.4) is 0 Å². The fraction of sp³-hybridized carbons (Fsp3) is 0. The molecule has 0 amide bonds. The summed E-state index contributed by atoms with van der Waals surface area (Å²) in [6, 6.07) is 90.6. The van der Waals surface area contributed by atoms with Crippen molar-refractivity contribution in [2.45, 2.75) is 0 Å². The minimum absolute atomic E-state index is 0.0785. The molecule has 0 fully saturated rings. The molecule has 0 aliphatic carbocycles. The van der Waals surface area contributed by atoms with Crippen molar-refractivity contribution in [3.8, 4) is 23.0 Å². The van der Waals surface area contributed by atoms with Crippen LogP contribution in [0, 0.1) is 0 Å². The first-order valence-electron chi connectivity index (χ1n) is 25.9. The second-order valence-electron chi connectivity index (χ2n) is 20.3. The zero-order chi connectivity index (χ0) is 48.9. The van der Waals surface area contributed by atoms with E-state index < -0.39 is 0 Å². The van der Waals surface area contributed by atoms with Crippen molar-refractivity contribution in [1.82, 2.24) is 0 Å². The summed E-state index contributed by atoms with van der Waals surface area (Å²) in [5.74, 6) is 3.54. The Hall–Kier alpha value is -9.59.